The quantitative estimate of drug-likeness (QED) is 0.190. The van der Waals surface area contributed by atoms with E-state index in [2.05, 4.69) is 128 Å². The van der Waals surface area contributed by atoms with Crippen LogP contribution in [-0.2, 0) is 20.3 Å². The van der Waals surface area contributed by atoms with Crippen LogP contribution >= 0.6 is 27.3 Å². The average molecular weight is 613 g/mol. The Bertz CT molecular complexity index is 1680. The first kappa shape index (κ1) is 22.2. The summed E-state index contributed by atoms with van der Waals surface area (Å²) >= 11 is 2.82. The van der Waals surface area contributed by atoms with Gasteiger partial charge in [0.05, 0.1) is 0 Å². The van der Waals surface area contributed by atoms with Crippen LogP contribution in [0.4, 0.5) is 0 Å². The number of halogens is 1. The Morgan fingerprint density at radius 2 is 1.46 bits per heavy atom. The average Bonchev–Trinajstić information content (AvgIpc) is 3.46. The predicted molar refractivity (Wildman–Crippen MR) is 153 cm³/mol. The van der Waals surface area contributed by atoms with E-state index in [1.54, 1.807) is 5.56 Å². The first-order valence-electron chi connectivity index (χ1n) is 12.2. The fraction of sp³-hybridized carbons (Fsp3) is 0.125. The fourth-order valence-corrected chi connectivity index (χ4v) is 19.8. The third-order valence-corrected chi connectivity index (χ3v) is 20.0. The van der Waals surface area contributed by atoms with Crippen LogP contribution in [0.15, 0.2) is 102 Å². The summed E-state index contributed by atoms with van der Waals surface area (Å²) < 4.78 is 10.3. The first-order chi connectivity index (χ1) is 17.0. The van der Waals surface area contributed by atoms with Gasteiger partial charge in [-0.05, 0) is 0 Å². The van der Waals surface area contributed by atoms with Crippen LogP contribution in [0.25, 0.3) is 31.8 Å². The second-order valence-electron chi connectivity index (χ2n) is 10.4. The van der Waals surface area contributed by atoms with Crippen LogP contribution in [0.1, 0.15) is 35.1 Å². The molecule has 5 aromatic rings. The molecule has 2 aliphatic carbocycles. The van der Waals surface area contributed by atoms with Crippen LogP contribution in [0.2, 0.25) is 9.26 Å². The molecule has 0 saturated heterocycles. The third kappa shape index (κ3) is 3.46. The molecule has 2 atom stereocenters. The third-order valence-electron chi connectivity index (χ3n) is 7.99. The van der Waals surface area contributed by atoms with Crippen molar-refractivity contribution in [3.05, 3.63) is 129 Å². The molecule has 3 heteroatoms. The van der Waals surface area contributed by atoms with Gasteiger partial charge in [-0.15, -0.1) is 0 Å². The number of benzene rings is 4. The second kappa shape index (κ2) is 8.23. The standard InChI is InChI=1S/C15H10Br.C15H9S.2CH3.Zr/c16-15-8-4-7-12-9-13(10-14(12)15)11-5-2-1-3-6-11;1-2-10-8-14(3-1)16-15-5-4-11-6-12(10)7-13(11)9-15;;;/h1-10H;1-9H;2*1H3;. The van der Waals surface area contributed by atoms with Gasteiger partial charge in [-0.3, -0.25) is 0 Å². The maximum atomic E-state index is 3.98. The Morgan fingerprint density at radius 1 is 0.686 bits per heavy atom. The summed E-state index contributed by atoms with van der Waals surface area (Å²) in [6, 6.07) is 36.7. The predicted octanol–water partition coefficient (Wildman–Crippen LogP) is 10.3. The maximum absolute atomic E-state index is 3.98. The molecule has 0 N–H and O–H groups in total. The summed E-state index contributed by atoms with van der Waals surface area (Å²) in [5.74, 6) is 0. The Morgan fingerprint density at radius 3 is 2.31 bits per heavy atom. The normalized spacial score (nSPS) is 18.3. The van der Waals surface area contributed by atoms with Crippen molar-refractivity contribution in [1.29, 1.82) is 0 Å². The molecule has 4 aromatic carbocycles. The summed E-state index contributed by atoms with van der Waals surface area (Å²) in [6.45, 7) is 0. The molecule has 0 spiro atoms. The van der Waals surface area contributed by atoms with E-state index in [9.17, 15) is 0 Å². The summed E-state index contributed by atoms with van der Waals surface area (Å²) in [5.41, 5.74) is 8.85. The second-order valence-corrected chi connectivity index (χ2v) is 24.2. The minimum absolute atomic E-state index is 0.469. The van der Waals surface area contributed by atoms with E-state index in [4.69, 9.17) is 0 Å². The van der Waals surface area contributed by atoms with E-state index >= 15 is 0 Å². The molecule has 1 heterocycles. The molecule has 35 heavy (non-hydrogen) atoms. The van der Waals surface area contributed by atoms with E-state index in [-0.39, 0.29) is 0 Å². The van der Waals surface area contributed by atoms with Crippen molar-refractivity contribution in [2.45, 2.75) is 16.5 Å². The number of hydrogen-bond acceptors (Lipinski definition) is 1. The van der Waals surface area contributed by atoms with Gasteiger partial charge in [0.15, 0.2) is 0 Å². The monoisotopic (exact) mass is 610 g/mol. The van der Waals surface area contributed by atoms with E-state index in [1.165, 1.54) is 52.5 Å². The fourth-order valence-electron chi connectivity index (χ4n) is 6.56. The summed E-state index contributed by atoms with van der Waals surface area (Å²) in [7, 11) is 0. The Balaban J connectivity index is 1.50. The van der Waals surface area contributed by atoms with Crippen molar-refractivity contribution in [3.8, 4) is 0 Å². The van der Waals surface area contributed by atoms with Gasteiger partial charge >= 0.3 is 225 Å². The molecule has 0 radical (unpaired) electrons. The van der Waals surface area contributed by atoms with Crippen LogP contribution < -0.4 is 0 Å². The summed E-state index contributed by atoms with van der Waals surface area (Å²) in [5, 5.41) is 2.83. The molecule has 0 amide bonds. The van der Waals surface area contributed by atoms with Crippen molar-refractivity contribution in [2.75, 3.05) is 0 Å². The van der Waals surface area contributed by atoms with E-state index < -0.39 is 20.3 Å². The van der Waals surface area contributed by atoms with Crippen molar-refractivity contribution >= 4 is 59.1 Å². The Labute approximate surface area is 223 Å². The van der Waals surface area contributed by atoms with Crippen molar-refractivity contribution < 1.29 is 20.3 Å². The molecule has 7 rings (SSSR count). The van der Waals surface area contributed by atoms with Crippen LogP contribution in [0, 0.1) is 0 Å². The number of hydrogen-bond donors (Lipinski definition) is 0. The topological polar surface area (TPSA) is 0 Å². The van der Waals surface area contributed by atoms with Gasteiger partial charge < -0.3 is 0 Å². The molecule has 2 unspecified atom stereocenters. The molecule has 2 aliphatic rings. The molecule has 170 valence electrons. The number of rotatable bonds is 3. The molecular formula is C32H25BrSZr. The van der Waals surface area contributed by atoms with Gasteiger partial charge in [0.2, 0.25) is 0 Å². The van der Waals surface area contributed by atoms with E-state index in [0.29, 0.717) is 7.25 Å². The first-order valence-corrected chi connectivity index (χ1v) is 21.6. The number of fused-ring (bicyclic) bond motifs is 6. The summed E-state index contributed by atoms with van der Waals surface area (Å²) in [4.78, 5) is 0. The zero-order valence-corrected chi connectivity index (χ0v) is 24.6. The van der Waals surface area contributed by atoms with Crippen LogP contribution in [0.3, 0.4) is 0 Å². The Hall–Kier alpha value is -2.06. The SMILES string of the molecule is [CH3][Zr]([CH3])([CH]1C(c2ccccc2)=Cc2cccc(Br)c21)[CH]1c2cc3cc(ccc31)sc1cccc2c1. The molecule has 0 saturated carbocycles. The van der Waals surface area contributed by atoms with Crippen LogP contribution in [-0.4, -0.2) is 0 Å². The van der Waals surface area contributed by atoms with E-state index in [1.807, 2.05) is 11.3 Å². The Kier molecular flexibility index (Phi) is 5.21. The van der Waals surface area contributed by atoms with Crippen LogP contribution in [0.5, 0.6) is 0 Å². The zero-order valence-electron chi connectivity index (χ0n) is 19.8. The van der Waals surface area contributed by atoms with Gasteiger partial charge in [0, 0.05) is 0 Å². The minimum atomic E-state index is -3.04. The summed E-state index contributed by atoms with van der Waals surface area (Å²) in [6.07, 6.45) is 2.47. The van der Waals surface area contributed by atoms with Gasteiger partial charge in [0.25, 0.3) is 0 Å². The van der Waals surface area contributed by atoms with Crippen molar-refractivity contribution in [2.24, 2.45) is 0 Å². The van der Waals surface area contributed by atoms with Gasteiger partial charge in [-0.2, -0.15) is 0 Å². The van der Waals surface area contributed by atoms with Gasteiger partial charge in [-0.25, -0.2) is 0 Å². The van der Waals surface area contributed by atoms with Gasteiger partial charge in [0.1, 0.15) is 0 Å². The molecule has 0 nitrogen and oxygen atoms in total. The van der Waals surface area contributed by atoms with Crippen molar-refractivity contribution in [3.63, 3.8) is 0 Å². The molecule has 5 bridgehead atoms. The number of allylic oxidation sites excluding steroid dienone is 1. The molecular weight excluding hydrogens is 588 g/mol. The molecule has 0 fully saturated rings. The molecule has 0 aliphatic heterocycles. The zero-order chi connectivity index (χ0) is 23.7. The van der Waals surface area contributed by atoms with Crippen molar-refractivity contribution in [1.82, 2.24) is 0 Å². The van der Waals surface area contributed by atoms with E-state index in [0.717, 1.165) is 0 Å². The van der Waals surface area contributed by atoms with Gasteiger partial charge in [-0.1, -0.05) is 0 Å². The molecule has 1 aromatic heterocycles.